The molecule has 0 saturated heterocycles. The standard InChI is InChI=1S/C16H28N2O/c1-5-18(4)12-11-16(13-19,17-14(2)3)15-9-7-6-8-10-15/h6-10,14,17,19H,5,11-13H2,1-4H3. The topological polar surface area (TPSA) is 35.5 Å². The molecule has 0 aliphatic carbocycles. The summed E-state index contributed by atoms with van der Waals surface area (Å²) in [4.78, 5) is 2.27. The molecule has 1 aromatic rings. The van der Waals surface area contributed by atoms with Crippen molar-refractivity contribution in [2.75, 3.05) is 26.7 Å². The lowest BCUT2D eigenvalue weighted by Crippen LogP contribution is -2.50. The Balaban J connectivity index is 2.94. The molecule has 1 unspecified atom stereocenters. The lowest BCUT2D eigenvalue weighted by atomic mass is 9.86. The van der Waals surface area contributed by atoms with Gasteiger partial charge >= 0.3 is 0 Å². The molecule has 19 heavy (non-hydrogen) atoms. The number of rotatable bonds is 8. The third-order valence-electron chi connectivity index (χ3n) is 3.62. The van der Waals surface area contributed by atoms with Crippen molar-refractivity contribution >= 4 is 0 Å². The molecule has 0 spiro atoms. The number of hydrogen-bond acceptors (Lipinski definition) is 3. The maximum Gasteiger partial charge on any atom is 0.0683 e. The zero-order valence-electron chi connectivity index (χ0n) is 12.7. The molecule has 3 nitrogen and oxygen atoms in total. The maximum atomic E-state index is 9.98. The Labute approximate surface area is 117 Å². The fourth-order valence-corrected chi connectivity index (χ4v) is 2.37. The van der Waals surface area contributed by atoms with Gasteiger partial charge in [-0.05, 0) is 46.0 Å². The van der Waals surface area contributed by atoms with Gasteiger partial charge in [0.15, 0.2) is 0 Å². The van der Waals surface area contributed by atoms with Gasteiger partial charge in [-0.2, -0.15) is 0 Å². The molecular formula is C16H28N2O. The summed E-state index contributed by atoms with van der Waals surface area (Å²) < 4.78 is 0. The Morgan fingerprint density at radius 3 is 2.37 bits per heavy atom. The summed E-state index contributed by atoms with van der Waals surface area (Å²) in [6.07, 6.45) is 0.899. The molecule has 1 atom stereocenters. The molecule has 0 fully saturated rings. The maximum absolute atomic E-state index is 9.98. The van der Waals surface area contributed by atoms with Crippen LogP contribution in [0.3, 0.4) is 0 Å². The van der Waals surface area contributed by atoms with Gasteiger partial charge in [0.25, 0.3) is 0 Å². The van der Waals surface area contributed by atoms with E-state index >= 15 is 0 Å². The van der Waals surface area contributed by atoms with E-state index in [1.165, 1.54) is 0 Å². The molecule has 0 saturated carbocycles. The van der Waals surface area contributed by atoms with Gasteiger partial charge in [0.05, 0.1) is 12.1 Å². The molecule has 0 amide bonds. The van der Waals surface area contributed by atoms with E-state index in [4.69, 9.17) is 0 Å². The van der Waals surface area contributed by atoms with Crippen LogP contribution >= 0.6 is 0 Å². The van der Waals surface area contributed by atoms with Gasteiger partial charge in [-0.3, -0.25) is 0 Å². The summed E-state index contributed by atoms with van der Waals surface area (Å²) in [7, 11) is 2.11. The molecule has 0 heterocycles. The summed E-state index contributed by atoms with van der Waals surface area (Å²) in [5.41, 5.74) is 0.814. The van der Waals surface area contributed by atoms with E-state index in [1.54, 1.807) is 0 Å². The predicted octanol–water partition coefficient (Wildman–Crippen LogP) is 2.21. The lowest BCUT2D eigenvalue weighted by Gasteiger charge is -2.37. The molecule has 0 bridgehead atoms. The highest BCUT2D eigenvalue weighted by Crippen LogP contribution is 2.25. The molecule has 2 N–H and O–H groups in total. The average Bonchev–Trinajstić information content (AvgIpc) is 2.43. The van der Waals surface area contributed by atoms with Crippen LogP contribution in [0.4, 0.5) is 0 Å². The van der Waals surface area contributed by atoms with Crippen LogP contribution in [0, 0.1) is 0 Å². The van der Waals surface area contributed by atoms with Gasteiger partial charge in [0, 0.05) is 6.04 Å². The molecule has 0 radical (unpaired) electrons. The largest absolute Gasteiger partial charge is 0.394 e. The van der Waals surface area contributed by atoms with Crippen LogP contribution in [0.1, 0.15) is 32.8 Å². The minimum atomic E-state index is -0.348. The highest BCUT2D eigenvalue weighted by Gasteiger charge is 2.31. The SMILES string of the molecule is CCN(C)CCC(CO)(NC(C)C)c1ccccc1. The van der Waals surface area contributed by atoms with E-state index in [2.05, 4.69) is 50.2 Å². The van der Waals surface area contributed by atoms with Crippen molar-refractivity contribution in [2.24, 2.45) is 0 Å². The van der Waals surface area contributed by atoms with Crippen molar-refractivity contribution < 1.29 is 5.11 Å². The number of nitrogens with one attached hydrogen (secondary N) is 1. The summed E-state index contributed by atoms with van der Waals surface area (Å²) in [5, 5.41) is 13.5. The number of aliphatic hydroxyl groups is 1. The number of benzene rings is 1. The predicted molar refractivity (Wildman–Crippen MR) is 81.3 cm³/mol. The van der Waals surface area contributed by atoms with E-state index in [1.807, 2.05) is 18.2 Å². The van der Waals surface area contributed by atoms with E-state index in [0.29, 0.717) is 6.04 Å². The van der Waals surface area contributed by atoms with Gasteiger partial charge in [-0.25, -0.2) is 0 Å². The van der Waals surface area contributed by atoms with Crippen LogP contribution in [0.2, 0.25) is 0 Å². The third kappa shape index (κ3) is 4.60. The number of nitrogens with zero attached hydrogens (tertiary/aromatic N) is 1. The molecule has 0 aliphatic rings. The van der Waals surface area contributed by atoms with Crippen LogP contribution < -0.4 is 5.32 Å². The zero-order chi connectivity index (χ0) is 14.3. The Bertz CT molecular complexity index is 353. The second-order valence-corrected chi connectivity index (χ2v) is 5.55. The average molecular weight is 264 g/mol. The zero-order valence-corrected chi connectivity index (χ0v) is 12.7. The normalized spacial score (nSPS) is 14.9. The first-order valence-corrected chi connectivity index (χ1v) is 7.16. The molecule has 108 valence electrons. The first-order chi connectivity index (χ1) is 9.04. The van der Waals surface area contributed by atoms with E-state index in [9.17, 15) is 5.11 Å². The molecule has 3 heteroatoms. The van der Waals surface area contributed by atoms with Gasteiger partial charge in [0.2, 0.25) is 0 Å². The van der Waals surface area contributed by atoms with Crippen molar-refractivity contribution in [2.45, 2.75) is 38.8 Å². The van der Waals surface area contributed by atoms with Crippen molar-refractivity contribution in [3.05, 3.63) is 35.9 Å². The number of aliphatic hydroxyl groups excluding tert-OH is 1. The Morgan fingerprint density at radius 1 is 1.26 bits per heavy atom. The van der Waals surface area contributed by atoms with E-state index < -0.39 is 0 Å². The molecule has 1 aromatic carbocycles. The Hall–Kier alpha value is -0.900. The second-order valence-electron chi connectivity index (χ2n) is 5.55. The molecule has 0 aromatic heterocycles. The fraction of sp³-hybridized carbons (Fsp3) is 0.625. The minimum absolute atomic E-state index is 0.118. The first-order valence-electron chi connectivity index (χ1n) is 7.16. The third-order valence-corrected chi connectivity index (χ3v) is 3.62. The van der Waals surface area contributed by atoms with E-state index in [0.717, 1.165) is 25.1 Å². The van der Waals surface area contributed by atoms with Gasteiger partial charge < -0.3 is 15.3 Å². The summed E-state index contributed by atoms with van der Waals surface area (Å²) >= 11 is 0. The minimum Gasteiger partial charge on any atom is -0.394 e. The van der Waals surface area contributed by atoms with Crippen molar-refractivity contribution in [1.29, 1.82) is 0 Å². The quantitative estimate of drug-likeness (QED) is 0.756. The van der Waals surface area contributed by atoms with E-state index in [-0.39, 0.29) is 12.1 Å². The van der Waals surface area contributed by atoms with Gasteiger partial charge in [-0.15, -0.1) is 0 Å². The number of hydrogen-bond donors (Lipinski definition) is 2. The smallest absolute Gasteiger partial charge is 0.0683 e. The van der Waals surface area contributed by atoms with Crippen LogP contribution in [0.25, 0.3) is 0 Å². The van der Waals surface area contributed by atoms with Gasteiger partial charge in [0.1, 0.15) is 0 Å². The van der Waals surface area contributed by atoms with Crippen LogP contribution in [0.5, 0.6) is 0 Å². The fourth-order valence-electron chi connectivity index (χ4n) is 2.37. The second kappa shape index (κ2) is 7.63. The van der Waals surface area contributed by atoms with Crippen molar-refractivity contribution in [3.63, 3.8) is 0 Å². The lowest BCUT2D eigenvalue weighted by molar-refractivity contribution is 0.129. The summed E-state index contributed by atoms with van der Waals surface area (Å²) in [5.74, 6) is 0. The monoisotopic (exact) mass is 264 g/mol. The molecule has 1 rings (SSSR count). The Kier molecular flexibility index (Phi) is 6.49. The summed E-state index contributed by atoms with van der Waals surface area (Å²) in [6.45, 7) is 8.50. The highest BCUT2D eigenvalue weighted by molar-refractivity contribution is 5.25. The van der Waals surface area contributed by atoms with Crippen molar-refractivity contribution in [3.8, 4) is 0 Å². The Morgan fingerprint density at radius 2 is 1.89 bits per heavy atom. The van der Waals surface area contributed by atoms with Crippen LogP contribution in [-0.4, -0.2) is 42.8 Å². The van der Waals surface area contributed by atoms with Crippen LogP contribution in [-0.2, 0) is 5.54 Å². The molecule has 0 aliphatic heterocycles. The first kappa shape index (κ1) is 16.2. The molecular weight excluding hydrogens is 236 g/mol. The van der Waals surface area contributed by atoms with Crippen LogP contribution in [0.15, 0.2) is 30.3 Å². The highest BCUT2D eigenvalue weighted by atomic mass is 16.3. The summed E-state index contributed by atoms with van der Waals surface area (Å²) in [6, 6.07) is 10.6. The van der Waals surface area contributed by atoms with Crippen molar-refractivity contribution in [1.82, 2.24) is 10.2 Å². The van der Waals surface area contributed by atoms with Gasteiger partial charge in [-0.1, -0.05) is 37.3 Å².